The summed E-state index contributed by atoms with van der Waals surface area (Å²) >= 11 is 0. The molecule has 0 bridgehead atoms. The Hall–Kier alpha value is -1.09. The zero-order chi connectivity index (χ0) is 9.80. The molecule has 1 heterocycles. The third-order valence-corrected chi connectivity index (χ3v) is 2.71. The van der Waals surface area contributed by atoms with Crippen molar-refractivity contribution in [3.05, 3.63) is 24.4 Å². The summed E-state index contributed by atoms with van der Waals surface area (Å²) in [6.07, 6.45) is 5.60. The van der Waals surface area contributed by atoms with Crippen molar-refractivity contribution >= 4 is 5.82 Å². The molecule has 3 heteroatoms. The first-order valence-electron chi connectivity index (χ1n) is 5.20. The number of hydrogen-bond acceptors (Lipinski definition) is 3. The first-order valence-corrected chi connectivity index (χ1v) is 5.20. The maximum Gasteiger partial charge on any atom is 0.126 e. The van der Waals surface area contributed by atoms with E-state index in [9.17, 15) is 5.11 Å². The van der Waals surface area contributed by atoms with E-state index in [-0.39, 0.29) is 6.10 Å². The summed E-state index contributed by atoms with van der Waals surface area (Å²) in [5.41, 5.74) is 0. The molecule has 1 aromatic heterocycles. The molecule has 2 N–H and O–H groups in total. The second kappa shape index (κ2) is 4.42. The fourth-order valence-corrected chi connectivity index (χ4v) is 1.88. The lowest BCUT2D eigenvalue weighted by Crippen LogP contribution is -2.28. The monoisotopic (exact) mass is 192 g/mol. The van der Waals surface area contributed by atoms with Gasteiger partial charge in [-0.2, -0.15) is 0 Å². The summed E-state index contributed by atoms with van der Waals surface area (Å²) in [6.45, 7) is 0. The van der Waals surface area contributed by atoms with Gasteiger partial charge in [-0.15, -0.1) is 0 Å². The quantitative estimate of drug-likeness (QED) is 0.751. The molecule has 0 atom stereocenters. The van der Waals surface area contributed by atoms with Crippen molar-refractivity contribution in [3.63, 3.8) is 0 Å². The third kappa shape index (κ3) is 2.45. The van der Waals surface area contributed by atoms with E-state index in [1.807, 2.05) is 18.2 Å². The molecule has 0 unspecified atom stereocenters. The van der Waals surface area contributed by atoms with Crippen molar-refractivity contribution < 1.29 is 5.11 Å². The van der Waals surface area contributed by atoms with Crippen LogP contribution >= 0.6 is 0 Å². The highest BCUT2D eigenvalue weighted by atomic mass is 16.3. The molecule has 0 saturated heterocycles. The molecule has 2 rings (SSSR count). The van der Waals surface area contributed by atoms with Crippen molar-refractivity contribution in [3.8, 4) is 0 Å². The number of pyridine rings is 1. The maximum absolute atomic E-state index is 9.35. The minimum absolute atomic E-state index is 0.0863. The molecular formula is C11H16N2O. The molecule has 3 nitrogen and oxygen atoms in total. The predicted octanol–water partition coefficient (Wildman–Crippen LogP) is 1.80. The number of rotatable bonds is 2. The van der Waals surface area contributed by atoms with Crippen molar-refractivity contribution in [1.82, 2.24) is 4.98 Å². The lowest BCUT2D eigenvalue weighted by molar-refractivity contribution is 0.126. The standard InChI is InChI=1S/C11H16N2O/c14-10-6-4-9(5-7-10)13-11-3-1-2-8-12-11/h1-3,8-10,14H,4-7H2,(H,12,13)/t9-,10-. The van der Waals surface area contributed by atoms with Crippen molar-refractivity contribution in [2.45, 2.75) is 37.8 Å². The number of hydrogen-bond donors (Lipinski definition) is 2. The first-order chi connectivity index (χ1) is 6.84. The Morgan fingerprint density at radius 1 is 1.21 bits per heavy atom. The summed E-state index contributed by atoms with van der Waals surface area (Å²) in [5.74, 6) is 0.939. The van der Waals surface area contributed by atoms with Gasteiger partial charge < -0.3 is 10.4 Å². The van der Waals surface area contributed by atoms with E-state index >= 15 is 0 Å². The van der Waals surface area contributed by atoms with Crippen LogP contribution in [0.15, 0.2) is 24.4 Å². The highest BCUT2D eigenvalue weighted by molar-refractivity contribution is 5.34. The molecule has 0 spiro atoms. The van der Waals surface area contributed by atoms with Gasteiger partial charge in [0.1, 0.15) is 5.82 Å². The Morgan fingerprint density at radius 2 is 2.00 bits per heavy atom. The van der Waals surface area contributed by atoms with Crippen LogP contribution in [0.4, 0.5) is 5.82 Å². The average Bonchev–Trinajstić information content (AvgIpc) is 2.23. The van der Waals surface area contributed by atoms with Crippen LogP contribution in [-0.4, -0.2) is 22.2 Å². The van der Waals surface area contributed by atoms with Gasteiger partial charge >= 0.3 is 0 Å². The molecule has 0 aliphatic heterocycles. The third-order valence-electron chi connectivity index (χ3n) is 2.71. The Kier molecular flexibility index (Phi) is 2.99. The number of aliphatic hydroxyl groups is 1. The normalized spacial score (nSPS) is 27.2. The van der Waals surface area contributed by atoms with E-state index in [4.69, 9.17) is 0 Å². The van der Waals surface area contributed by atoms with Crippen LogP contribution in [0.3, 0.4) is 0 Å². The SMILES string of the molecule is O[C@H]1CC[C@H](Nc2ccccn2)CC1. The van der Waals surface area contributed by atoms with E-state index in [1.165, 1.54) is 0 Å². The Labute approximate surface area is 84.2 Å². The summed E-state index contributed by atoms with van der Waals surface area (Å²) in [7, 11) is 0. The fourth-order valence-electron chi connectivity index (χ4n) is 1.88. The number of nitrogens with zero attached hydrogens (tertiary/aromatic N) is 1. The maximum atomic E-state index is 9.35. The summed E-state index contributed by atoms with van der Waals surface area (Å²) in [5, 5.41) is 12.7. The highest BCUT2D eigenvalue weighted by Gasteiger charge is 2.18. The van der Waals surface area contributed by atoms with E-state index in [0.29, 0.717) is 6.04 Å². The predicted molar refractivity (Wildman–Crippen MR) is 56.1 cm³/mol. The largest absolute Gasteiger partial charge is 0.393 e. The Morgan fingerprint density at radius 3 is 2.64 bits per heavy atom. The second-order valence-corrected chi connectivity index (χ2v) is 3.86. The Bertz CT molecular complexity index is 268. The molecule has 1 saturated carbocycles. The van der Waals surface area contributed by atoms with Gasteiger partial charge in [0.15, 0.2) is 0 Å². The van der Waals surface area contributed by atoms with Crippen LogP contribution in [0.1, 0.15) is 25.7 Å². The molecule has 14 heavy (non-hydrogen) atoms. The smallest absolute Gasteiger partial charge is 0.126 e. The molecule has 0 amide bonds. The fraction of sp³-hybridized carbons (Fsp3) is 0.545. The van der Waals surface area contributed by atoms with Crippen LogP contribution in [-0.2, 0) is 0 Å². The second-order valence-electron chi connectivity index (χ2n) is 3.86. The zero-order valence-corrected chi connectivity index (χ0v) is 8.19. The minimum atomic E-state index is -0.0863. The zero-order valence-electron chi connectivity index (χ0n) is 8.19. The number of aliphatic hydroxyl groups excluding tert-OH is 1. The molecule has 0 radical (unpaired) electrons. The van der Waals surface area contributed by atoms with Gasteiger partial charge in [-0.05, 0) is 37.8 Å². The van der Waals surface area contributed by atoms with Crippen LogP contribution < -0.4 is 5.32 Å². The van der Waals surface area contributed by atoms with Gasteiger partial charge in [-0.25, -0.2) is 4.98 Å². The van der Waals surface area contributed by atoms with Crippen LogP contribution in [0.25, 0.3) is 0 Å². The van der Waals surface area contributed by atoms with Gasteiger partial charge in [-0.1, -0.05) is 6.07 Å². The summed E-state index contributed by atoms with van der Waals surface area (Å²) < 4.78 is 0. The van der Waals surface area contributed by atoms with E-state index in [1.54, 1.807) is 6.20 Å². The van der Waals surface area contributed by atoms with Gasteiger partial charge in [0.2, 0.25) is 0 Å². The van der Waals surface area contributed by atoms with Crippen molar-refractivity contribution in [2.24, 2.45) is 0 Å². The van der Waals surface area contributed by atoms with Gasteiger partial charge in [0.25, 0.3) is 0 Å². The topological polar surface area (TPSA) is 45.1 Å². The van der Waals surface area contributed by atoms with Crippen LogP contribution in [0.5, 0.6) is 0 Å². The highest BCUT2D eigenvalue weighted by Crippen LogP contribution is 2.20. The van der Waals surface area contributed by atoms with E-state index in [0.717, 1.165) is 31.5 Å². The van der Waals surface area contributed by atoms with Crippen LogP contribution in [0, 0.1) is 0 Å². The van der Waals surface area contributed by atoms with Crippen LogP contribution in [0.2, 0.25) is 0 Å². The van der Waals surface area contributed by atoms with Gasteiger partial charge in [0.05, 0.1) is 6.10 Å². The molecule has 1 aliphatic rings. The van der Waals surface area contributed by atoms with E-state index < -0.39 is 0 Å². The molecule has 1 aromatic rings. The lowest BCUT2D eigenvalue weighted by atomic mass is 9.93. The molecule has 76 valence electrons. The van der Waals surface area contributed by atoms with Crippen molar-refractivity contribution in [1.29, 1.82) is 0 Å². The molecule has 0 aromatic carbocycles. The average molecular weight is 192 g/mol. The molecule has 1 fully saturated rings. The number of aromatic nitrogens is 1. The number of nitrogens with one attached hydrogen (secondary N) is 1. The number of anilines is 1. The lowest BCUT2D eigenvalue weighted by Gasteiger charge is -2.26. The first kappa shape index (κ1) is 9.46. The van der Waals surface area contributed by atoms with Crippen molar-refractivity contribution in [2.75, 3.05) is 5.32 Å². The minimum Gasteiger partial charge on any atom is -0.393 e. The summed E-state index contributed by atoms with van der Waals surface area (Å²) in [6, 6.07) is 6.35. The van der Waals surface area contributed by atoms with Gasteiger partial charge in [0, 0.05) is 12.2 Å². The van der Waals surface area contributed by atoms with E-state index in [2.05, 4.69) is 10.3 Å². The summed E-state index contributed by atoms with van der Waals surface area (Å²) in [4.78, 5) is 4.22. The Balaban J connectivity index is 1.87. The molecular weight excluding hydrogens is 176 g/mol. The van der Waals surface area contributed by atoms with Gasteiger partial charge in [-0.3, -0.25) is 0 Å². The molecule has 1 aliphatic carbocycles.